The molecule has 1 aromatic carbocycles. The highest BCUT2D eigenvalue weighted by molar-refractivity contribution is 14.0. The van der Waals surface area contributed by atoms with E-state index >= 15 is 0 Å². The molecule has 0 bridgehead atoms. The van der Waals surface area contributed by atoms with Crippen LogP contribution in [0, 0.1) is 0 Å². The first-order chi connectivity index (χ1) is 10.7. The SMILES string of the molecule is CCNC(=NCC(C)c1ccccc1)NCCN(CC)CC.I. The van der Waals surface area contributed by atoms with E-state index in [1.165, 1.54) is 5.56 Å². The van der Waals surface area contributed by atoms with Gasteiger partial charge in [0.15, 0.2) is 5.96 Å². The van der Waals surface area contributed by atoms with Gasteiger partial charge in [-0.2, -0.15) is 0 Å². The second-order valence-corrected chi connectivity index (χ2v) is 5.49. The molecule has 1 unspecified atom stereocenters. The van der Waals surface area contributed by atoms with Gasteiger partial charge in [0, 0.05) is 32.1 Å². The Bertz CT molecular complexity index is 418. The molecule has 0 spiro atoms. The molecule has 0 aliphatic heterocycles. The Hall–Kier alpha value is -0.820. The van der Waals surface area contributed by atoms with Gasteiger partial charge in [0.25, 0.3) is 0 Å². The summed E-state index contributed by atoms with van der Waals surface area (Å²) in [5.41, 5.74) is 1.34. The molecule has 2 N–H and O–H groups in total. The van der Waals surface area contributed by atoms with Gasteiger partial charge in [-0.05, 0) is 25.6 Å². The molecule has 0 saturated carbocycles. The molecular weight excluding hydrogens is 399 g/mol. The van der Waals surface area contributed by atoms with Gasteiger partial charge in [-0.3, -0.25) is 4.99 Å². The average Bonchev–Trinajstić information content (AvgIpc) is 2.57. The van der Waals surface area contributed by atoms with Gasteiger partial charge < -0.3 is 15.5 Å². The number of guanidine groups is 1. The van der Waals surface area contributed by atoms with Crippen LogP contribution in [-0.4, -0.2) is 50.1 Å². The van der Waals surface area contributed by atoms with Crippen LogP contribution in [0.1, 0.15) is 39.2 Å². The Morgan fingerprint density at radius 3 is 2.30 bits per heavy atom. The lowest BCUT2D eigenvalue weighted by molar-refractivity contribution is 0.308. The van der Waals surface area contributed by atoms with E-state index in [1.807, 2.05) is 0 Å². The highest BCUT2D eigenvalue weighted by Gasteiger charge is 2.05. The number of benzene rings is 1. The molecule has 0 aliphatic rings. The van der Waals surface area contributed by atoms with Crippen LogP contribution >= 0.6 is 24.0 Å². The zero-order chi connectivity index (χ0) is 16.2. The lowest BCUT2D eigenvalue weighted by Crippen LogP contribution is -2.41. The number of hydrogen-bond acceptors (Lipinski definition) is 2. The van der Waals surface area contributed by atoms with Crippen molar-refractivity contribution in [3.05, 3.63) is 35.9 Å². The van der Waals surface area contributed by atoms with Gasteiger partial charge in [0.05, 0.1) is 0 Å². The summed E-state index contributed by atoms with van der Waals surface area (Å²) < 4.78 is 0. The smallest absolute Gasteiger partial charge is 0.191 e. The maximum absolute atomic E-state index is 4.71. The summed E-state index contributed by atoms with van der Waals surface area (Å²) in [6, 6.07) is 10.6. The third-order valence-corrected chi connectivity index (χ3v) is 3.85. The maximum Gasteiger partial charge on any atom is 0.191 e. The van der Waals surface area contributed by atoms with E-state index in [4.69, 9.17) is 4.99 Å². The van der Waals surface area contributed by atoms with Crippen LogP contribution in [0.25, 0.3) is 0 Å². The predicted molar refractivity (Wildman–Crippen MR) is 112 cm³/mol. The monoisotopic (exact) mass is 432 g/mol. The van der Waals surface area contributed by atoms with Gasteiger partial charge in [-0.1, -0.05) is 51.1 Å². The molecule has 0 radical (unpaired) electrons. The van der Waals surface area contributed by atoms with Crippen molar-refractivity contribution in [2.45, 2.75) is 33.6 Å². The van der Waals surface area contributed by atoms with Gasteiger partial charge >= 0.3 is 0 Å². The van der Waals surface area contributed by atoms with Crippen LogP contribution in [0.15, 0.2) is 35.3 Å². The van der Waals surface area contributed by atoms with Crippen LogP contribution in [-0.2, 0) is 0 Å². The number of nitrogens with zero attached hydrogens (tertiary/aromatic N) is 2. The standard InChI is InChI=1S/C18H32N4.HI/c1-5-19-18(20-13-14-22(6-2)7-3)21-15-16(4)17-11-9-8-10-12-17;/h8-12,16H,5-7,13-15H2,1-4H3,(H2,19,20,21);1H. The van der Waals surface area contributed by atoms with E-state index in [2.05, 4.69) is 73.6 Å². The molecule has 5 heteroatoms. The number of rotatable bonds is 9. The Labute approximate surface area is 159 Å². The van der Waals surface area contributed by atoms with Crippen LogP contribution in [0.2, 0.25) is 0 Å². The molecule has 1 rings (SSSR count). The lowest BCUT2D eigenvalue weighted by Gasteiger charge is -2.19. The summed E-state index contributed by atoms with van der Waals surface area (Å²) in [5, 5.41) is 6.74. The topological polar surface area (TPSA) is 39.7 Å². The van der Waals surface area contributed by atoms with Crippen LogP contribution in [0.5, 0.6) is 0 Å². The van der Waals surface area contributed by atoms with Crippen molar-refractivity contribution >= 4 is 29.9 Å². The van der Waals surface area contributed by atoms with Crippen LogP contribution < -0.4 is 10.6 Å². The summed E-state index contributed by atoms with van der Waals surface area (Å²) in [6.45, 7) is 14.6. The summed E-state index contributed by atoms with van der Waals surface area (Å²) >= 11 is 0. The minimum absolute atomic E-state index is 0. The zero-order valence-corrected chi connectivity index (χ0v) is 17.3. The molecule has 0 amide bonds. The van der Waals surface area contributed by atoms with Gasteiger partial charge in [-0.15, -0.1) is 24.0 Å². The second-order valence-electron chi connectivity index (χ2n) is 5.49. The molecule has 132 valence electrons. The number of halogens is 1. The van der Waals surface area contributed by atoms with Crippen molar-refractivity contribution in [2.24, 2.45) is 4.99 Å². The fraction of sp³-hybridized carbons (Fsp3) is 0.611. The summed E-state index contributed by atoms with van der Waals surface area (Å²) in [7, 11) is 0. The molecule has 23 heavy (non-hydrogen) atoms. The number of likely N-dealkylation sites (N-methyl/N-ethyl adjacent to an activating group) is 1. The normalized spacial score (nSPS) is 12.7. The Kier molecular flexibility index (Phi) is 13.1. The molecule has 0 aromatic heterocycles. The minimum Gasteiger partial charge on any atom is -0.357 e. The molecular formula is C18H33IN4. The highest BCUT2D eigenvalue weighted by Crippen LogP contribution is 2.14. The number of aliphatic imine (C=N–C) groups is 1. The van der Waals surface area contributed by atoms with E-state index in [0.29, 0.717) is 5.92 Å². The van der Waals surface area contributed by atoms with Gasteiger partial charge in [0.1, 0.15) is 0 Å². The van der Waals surface area contributed by atoms with E-state index < -0.39 is 0 Å². The maximum atomic E-state index is 4.71. The van der Waals surface area contributed by atoms with E-state index in [1.54, 1.807) is 0 Å². The van der Waals surface area contributed by atoms with Crippen LogP contribution in [0.3, 0.4) is 0 Å². The highest BCUT2D eigenvalue weighted by atomic mass is 127. The molecule has 1 aromatic rings. The Morgan fingerprint density at radius 2 is 1.74 bits per heavy atom. The first-order valence-corrected chi connectivity index (χ1v) is 8.50. The van der Waals surface area contributed by atoms with Gasteiger partial charge in [0.2, 0.25) is 0 Å². The third kappa shape index (κ3) is 9.15. The van der Waals surface area contributed by atoms with Gasteiger partial charge in [-0.25, -0.2) is 0 Å². The van der Waals surface area contributed by atoms with Crippen molar-refractivity contribution in [1.29, 1.82) is 0 Å². The van der Waals surface area contributed by atoms with Crippen LogP contribution in [0.4, 0.5) is 0 Å². The quantitative estimate of drug-likeness (QED) is 0.357. The first kappa shape index (κ1) is 22.2. The Morgan fingerprint density at radius 1 is 1.09 bits per heavy atom. The van der Waals surface area contributed by atoms with E-state index in [-0.39, 0.29) is 24.0 Å². The van der Waals surface area contributed by atoms with Crippen molar-refractivity contribution in [1.82, 2.24) is 15.5 Å². The molecule has 0 fully saturated rings. The van der Waals surface area contributed by atoms with Crippen molar-refractivity contribution in [3.8, 4) is 0 Å². The molecule has 0 saturated heterocycles. The van der Waals surface area contributed by atoms with E-state index in [9.17, 15) is 0 Å². The number of hydrogen-bond donors (Lipinski definition) is 2. The lowest BCUT2D eigenvalue weighted by atomic mass is 10.0. The summed E-state index contributed by atoms with van der Waals surface area (Å²) in [5.74, 6) is 1.34. The second kappa shape index (κ2) is 13.6. The fourth-order valence-electron chi connectivity index (χ4n) is 2.33. The molecule has 1 atom stereocenters. The summed E-state index contributed by atoms with van der Waals surface area (Å²) in [4.78, 5) is 7.12. The summed E-state index contributed by atoms with van der Waals surface area (Å²) in [6.07, 6.45) is 0. The Balaban J connectivity index is 0.00000484. The van der Waals surface area contributed by atoms with E-state index in [0.717, 1.165) is 45.2 Å². The van der Waals surface area contributed by atoms with Crippen molar-refractivity contribution in [2.75, 3.05) is 39.3 Å². The predicted octanol–water partition coefficient (Wildman–Crippen LogP) is 3.31. The molecule has 0 aliphatic carbocycles. The van der Waals surface area contributed by atoms with Crippen molar-refractivity contribution in [3.63, 3.8) is 0 Å². The minimum atomic E-state index is 0. The first-order valence-electron chi connectivity index (χ1n) is 8.50. The largest absolute Gasteiger partial charge is 0.357 e. The number of nitrogens with one attached hydrogen (secondary N) is 2. The van der Waals surface area contributed by atoms with Crippen molar-refractivity contribution < 1.29 is 0 Å². The third-order valence-electron chi connectivity index (χ3n) is 3.85. The molecule has 0 heterocycles. The average molecular weight is 432 g/mol. The molecule has 4 nitrogen and oxygen atoms in total. The fourth-order valence-corrected chi connectivity index (χ4v) is 2.33. The zero-order valence-electron chi connectivity index (χ0n) is 15.0.